The van der Waals surface area contributed by atoms with Crippen molar-refractivity contribution in [3.8, 4) is 5.75 Å². The summed E-state index contributed by atoms with van der Waals surface area (Å²) >= 11 is 0. The number of aliphatic hydroxyl groups excluding tert-OH is 1. The molecule has 2 bridgehead atoms. The molecule has 1 aliphatic heterocycles. The highest BCUT2D eigenvalue weighted by atomic mass is 16.6. The van der Waals surface area contributed by atoms with Gasteiger partial charge in [-0.05, 0) is 48.2 Å². The highest BCUT2D eigenvalue weighted by molar-refractivity contribution is 6.24. The lowest BCUT2D eigenvalue weighted by atomic mass is 9.46. The number of anilines is 1. The van der Waals surface area contributed by atoms with Crippen LogP contribution in [-0.4, -0.2) is 34.6 Å². The van der Waals surface area contributed by atoms with Crippen LogP contribution in [0.15, 0.2) is 66.7 Å². The Kier molecular flexibility index (Phi) is 4.82. The van der Waals surface area contributed by atoms with Crippen molar-refractivity contribution in [1.29, 1.82) is 0 Å². The van der Waals surface area contributed by atoms with Crippen LogP contribution in [0.2, 0.25) is 0 Å². The van der Waals surface area contributed by atoms with Crippen LogP contribution in [0.1, 0.15) is 42.0 Å². The van der Waals surface area contributed by atoms with Crippen LogP contribution in [0.25, 0.3) is 0 Å². The molecule has 0 aromatic heterocycles. The molecule has 8 heteroatoms. The first-order valence-corrected chi connectivity index (χ1v) is 12.0. The van der Waals surface area contributed by atoms with Gasteiger partial charge in [-0.15, -0.1) is 0 Å². The Morgan fingerprint density at radius 1 is 1.03 bits per heavy atom. The number of hydrogen-bond acceptors (Lipinski definition) is 6. The molecule has 8 nitrogen and oxygen atoms in total. The molecule has 1 heterocycles. The monoisotopic (exact) mass is 484 g/mol. The van der Waals surface area contributed by atoms with Gasteiger partial charge >= 0.3 is 0 Å². The van der Waals surface area contributed by atoms with Crippen molar-refractivity contribution in [3.05, 3.63) is 99.1 Å². The molecule has 4 aliphatic rings. The van der Waals surface area contributed by atoms with E-state index >= 15 is 0 Å². The van der Waals surface area contributed by atoms with Crippen LogP contribution in [-0.2, 0) is 15.0 Å². The second kappa shape index (κ2) is 7.73. The van der Waals surface area contributed by atoms with Crippen molar-refractivity contribution in [3.63, 3.8) is 0 Å². The summed E-state index contributed by atoms with van der Waals surface area (Å²) in [5.41, 5.74) is 1.85. The summed E-state index contributed by atoms with van der Waals surface area (Å²) in [4.78, 5) is 40.6. The van der Waals surface area contributed by atoms with Gasteiger partial charge in [0.15, 0.2) is 0 Å². The summed E-state index contributed by atoms with van der Waals surface area (Å²) in [5, 5.41) is 23.4. The normalized spacial score (nSPS) is 26.3. The second-order valence-corrected chi connectivity index (χ2v) is 9.55. The topological polar surface area (TPSA) is 110 Å². The van der Waals surface area contributed by atoms with Gasteiger partial charge in [0.05, 0.1) is 41.0 Å². The van der Waals surface area contributed by atoms with Crippen LogP contribution in [0.3, 0.4) is 0 Å². The van der Waals surface area contributed by atoms with E-state index in [1.54, 1.807) is 13.8 Å². The van der Waals surface area contributed by atoms with E-state index in [0.717, 1.165) is 27.2 Å². The number of carbonyl (C=O) groups is 2. The summed E-state index contributed by atoms with van der Waals surface area (Å²) < 4.78 is 5.41. The molecule has 0 spiro atoms. The molecule has 1 N–H and O–H groups in total. The lowest BCUT2D eigenvalue weighted by molar-refractivity contribution is -0.384. The van der Waals surface area contributed by atoms with Gasteiger partial charge in [0.2, 0.25) is 11.8 Å². The predicted molar refractivity (Wildman–Crippen MR) is 131 cm³/mol. The molecule has 0 unspecified atom stereocenters. The first-order valence-electron chi connectivity index (χ1n) is 12.0. The fourth-order valence-electron chi connectivity index (χ4n) is 6.87. The number of nitro benzene ring substituents is 1. The van der Waals surface area contributed by atoms with Crippen molar-refractivity contribution < 1.29 is 24.4 Å². The molecule has 3 aliphatic carbocycles. The predicted octanol–water partition coefficient (Wildman–Crippen LogP) is 3.93. The standard InChI is InChI=1S/C28H24N2O6/c1-3-36-16-12-13-21(22(14-16)30(34)35)29-26(32)24-23-17-8-4-6-10-19(17)28(15(2)31,25(24)27(29)33)20-11-7-5-9-18(20)23/h4-15,23-25,31H,3H2,1-2H3/t15-,23?,24+,25-,28?/m1/s1. The number of ether oxygens (including phenoxy) is 1. The fraction of sp³-hybridized carbons (Fsp3) is 0.286. The smallest absolute Gasteiger partial charge is 0.297 e. The molecule has 36 heavy (non-hydrogen) atoms. The van der Waals surface area contributed by atoms with E-state index in [4.69, 9.17) is 4.74 Å². The number of imide groups is 1. The fourth-order valence-corrected chi connectivity index (χ4v) is 6.87. The van der Waals surface area contributed by atoms with Gasteiger partial charge in [-0.25, -0.2) is 4.90 Å². The zero-order valence-corrected chi connectivity index (χ0v) is 19.8. The van der Waals surface area contributed by atoms with Crippen molar-refractivity contribution in [1.82, 2.24) is 0 Å². The number of benzene rings is 3. The Morgan fingerprint density at radius 2 is 1.64 bits per heavy atom. The van der Waals surface area contributed by atoms with E-state index in [9.17, 15) is 24.8 Å². The molecule has 7 rings (SSSR count). The Hall–Kier alpha value is -4.04. The Balaban J connectivity index is 1.60. The number of amides is 2. The van der Waals surface area contributed by atoms with E-state index in [1.807, 2.05) is 48.5 Å². The van der Waals surface area contributed by atoms with E-state index in [1.165, 1.54) is 18.2 Å². The maximum absolute atomic E-state index is 14.2. The molecule has 0 radical (unpaired) electrons. The molecule has 3 aromatic carbocycles. The van der Waals surface area contributed by atoms with Crippen LogP contribution >= 0.6 is 0 Å². The number of carbonyl (C=O) groups excluding carboxylic acids is 2. The van der Waals surface area contributed by atoms with Crippen molar-refractivity contribution in [2.45, 2.75) is 31.3 Å². The van der Waals surface area contributed by atoms with Crippen LogP contribution in [0, 0.1) is 22.0 Å². The highest BCUT2D eigenvalue weighted by Crippen LogP contribution is 2.65. The molecule has 3 aromatic rings. The van der Waals surface area contributed by atoms with Gasteiger partial charge < -0.3 is 9.84 Å². The largest absolute Gasteiger partial charge is 0.494 e. The van der Waals surface area contributed by atoms with Crippen LogP contribution in [0.4, 0.5) is 11.4 Å². The minimum atomic E-state index is -1.16. The zero-order valence-electron chi connectivity index (χ0n) is 19.8. The first-order chi connectivity index (χ1) is 17.3. The van der Waals surface area contributed by atoms with Crippen LogP contribution in [0.5, 0.6) is 5.75 Å². The van der Waals surface area contributed by atoms with Crippen molar-refractivity contribution >= 4 is 23.2 Å². The molecule has 3 atom stereocenters. The molecule has 0 saturated carbocycles. The summed E-state index contributed by atoms with van der Waals surface area (Å²) in [5.74, 6) is -2.83. The zero-order chi connectivity index (χ0) is 25.4. The minimum Gasteiger partial charge on any atom is -0.494 e. The average Bonchev–Trinajstić information content (AvgIpc) is 3.14. The summed E-state index contributed by atoms with van der Waals surface area (Å²) in [6.07, 6.45) is -0.999. The maximum atomic E-state index is 14.2. The van der Waals surface area contributed by atoms with E-state index in [0.29, 0.717) is 6.61 Å². The average molecular weight is 485 g/mol. The van der Waals surface area contributed by atoms with Gasteiger partial charge in [0, 0.05) is 5.92 Å². The van der Waals surface area contributed by atoms with Crippen molar-refractivity contribution in [2.75, 3.05) is 11.5 Å². The number of nitrogens with zero attached hydrogens (tertiary/aromatic N) is 2. The minimum absolute atomic E-state index is 0.0823. The number of aliphatic hydroxyl groups is 1. The number of nitro groups is 1. The first kappa shape index (κ1) is 22.4. The van der Waals surface area contributed by atoms with Gasteiger partial charge in [-0.1, -0.05) is 48.5 Å². The quantitative estimate of drug-likeness (QED) is 0.334. The Morgan fingerprint density at radius 3 is 2.19 bits per heavy atom. The number of hydrogen-bond donors (Lipinski definition) is 1. The highest BCUT2D eigenvalue weighted by Gasteiger charge is 2.70. The van der Waals surface area contributed by atoms with Gasteiger partial charge in [0.25, 0.3) is 5.69 Å². The van der Waals surface area contributed by atoms with Gasteiger partial charge in [-0.2, -0.15) is 0 Å². The molecular weight excluding hydrogens is 460 g/mol. The number of rotatable bonds is 5. The van der Waals surface area contributed by atoms with E-state index < -0.39 is 46.0 Å². The third kappa shape index (κ3) is 2.62. The SMILES string of the molecule is CCOc1ccc(N2C(=O)[C@H]3C4c5ccccc5C([C@@H](C)O)(c5ccccc54)[C@H]3C2=O)c([N+](=O)[O-])c1. The molecule has 182 valence electrons. The molecule has 2 amide bonds. The third-order valence-electron chi connectivity index (χ3n) is 8.04. The summed E-state index contributed by atoms with van der Waals surface area (Å²) in [6.45, 7) is 3.73. The summed E-state index contributed by atoms with van der Waals surface area (Å²) in [6, 6.07) is 19.4. The Bertz CT molecular complexity index is 1400. The van der Waals surface area contributed by atoms with Crippen molar-refractivity contribution in [2.24, 2.45) is 11.8 Å². The van der Waals surface area contributed by atoms with Gasteiger partial charge in [0.1, 0.15) is 11.4 Å². The van der Waals surface area contributed by atoms with Crippen LogP contribution < -0.4 is 9.64 Å². The molecule has 1 saturated heterocycles. The summed E-state index contributed by atoms with van der Waals surface area (Å²) in [7, 11) is 0. The molecular formula is C28H24N2O6. The third-order valence-corrected chi connectivity index (χ3v) is 8.04. The lowest BCUT2D eigenvalue weighted by Gasteiger charge is -2.55. The van der Waals surface area contributed by atoms with E-state index in [-0.39, 0.29) is 17.1 Å². The maximum Gasteiger partial charge on any atom is 0.297 e. The molecule has 1 fully saturated rings. The van der Waals surface area contributed by atoms with Gasteiger partial charge in [-0.3, -0.25) is 19.7 Å². The lowest BCUT2D eigenvalue weighted by Crippen LogP contribution is -2.58. The second-order valence-electron chi connectivity index (χ2n) is 9.55. The Labute approximate surface area is 207 Å². The van der Waals surface area contributed by atoms with E-state index in [2.05, 4.69) is 0 Å².